The first-order valence-corrected chi connectivity index (χ1v) is 11.8. The zero-order valence-corrected chi connectivity index (χ0v) is 19.1. The molecule has 0 spiro atoms. The van der Waals surface area contributed by atoms with Crippen molar-refractivity contribution in [2.45, 2.75) is 38.2 Å². The maximum atomic E-state index is 13.4. The van der Waals surface area contributed by atoms with Gasteiger partial charge in [0.25, 0.3) is 11.9 Å². The Balaban J connectivity index is 1.95. The molecule has 1 amide bonds. The van der Waals surface area contributed by atoms with Crippen molar-refractivity contribution in [2.24, 2.45) is 4.36 Å². The molecule has 0 radical (unpaired) electrons. The van der Waals surface area contributed by atoms with E-state index in [2.05, 4.69) is 29.7 Å². The van der Waals surface area contributed by atoms with Gasteiger partial charge >= 0.3 is 6.18 Å². The highest BCUT2D eigenvalue weighted by molar-refractivity contribution is 7.93. The highest BCUT2D eigenvalue weighted by atomic mass is 32.2. The van der Waals surface area contributed by atoms with Gasteiger partial charge in [0.05, 0.1) is 27.0 Å². The van der Waals surface area contributed by atoms with E-state index < -0.39 is 38.7 Å². The largest absolute Gasteiger partial charge is 0.416 e. The topological polar surface area (TPSA) is 115 Å². The predicted octanol–water partition coefficient (Wildman–Crippen LogP) is 3.70. The van der Waals surface area contributed by atoms with E-state index in [4.69, 9.17) is 0 Å². The number of rotatable bonds is 6. The van der Waals surface area contributed by atoms with E-state index >= 15 is 0 Å². The van der Waals surface area contributed by atoms with Gasteiger partial charge in [-0.2, -0.15) is 27.3 Å². The van der Waals surface area contributed by atoms with Crippen LogP contribution in [-0.4, -0.2) is 46.4 Å². The molecule has 1 aromatic carbocycles. The number of nitrogens with one attached hydrogen (secondary N) is 1. The van der Waals surface area contributed by atoms with Crippen LogP contribution in [0.2, 0.25) is 0 Å². The zero-order valence-electron chi connectivity index (χ0n) is 18.2. The van der Waals surface area contributed by atoms with E-state index in [0.717, 1.165) is 12.1 Å². The number of amides is 1. The molecule has 0 aliphatic rings. The number of aromatic nitrogens is 5. The molecule has 0 bridgehead atoms. The third-order valence-corrected chi connectivity index (χ3v) is 7.04. The summed E-state index contributed by atoms with van der Waals surface area (Å²) >= 11 is 0. The lowest BCUT2D eigenvalue weighted by Gasteiger charge is -2.16. The summed E-state index contributed by atoms with van der Waals surface area (Å²) in [6.07, 6.45) is 0.905. The minimum absolute atomic E-state index is 0.190. The summed E-state index contributed by atoms with van der Waals surface area (Å²) in [5, 5.41) is 6.25. The standard InChI is InChI=1S/C20H22F3N7O2S/c1-12(2)33(4,32)29-16-9-14(8-15(10-16)20(21,22)23)18(31)28-13(3)17-26-11-27-30(17)19-24-6-5-7-25-19/h5-13H,1-4H3,(H,28,31)/t13-,33?/m0/s1. The minimum atomic E-state index is -4.72. The molecule has 0 fully saturated rings. The number of benzene rings is 1. The van der Waals surface area contributed by atoms with Crippen LogP contribution in [0, 0.1) is 0 Å². The molecular formula is C20H22F3N7O2S. The van der Waals surface area contributed by atoms with Crippen LogP contribution in [0.5, 0.6) is 0 Å². The van der Waals surface area contributed by atoms with Gasteiger partial charge in [-0.15, -0.1) is 0 Å². The summed E-state index contributed by atoms with van der Waals surface area (Å²) in [7, 11) is -2.81. The molecule has 9 nitrogen and oxygen atoms in total. The fraction of sp³-hybridized carbons (Fsp3) is 0.350. The van der Waals surface area contributed by atoms with E-state index in [1.165, 1.54) is 35.7 Å². The van der Waals surface area contributed by atoms with E-state index in [0.29, 0.717) is 0 Å². The second-order valence-electron chi connectivity index (χ2n) is 7.54. The van der Waals surface area contributed by atoms with Crippen LogP contribution in [0.15, 0.2) is 47.3 Å². The molecular weight excluding hydrogens is 459 g/mol. The van der Waals surface area contributed by atoms with Crippen molar-refractivity contribution < 1.29 is 22.2 Å². The number of hydrogen-bond acceptors (Lipinski definition) is 7. The third-order valence-electron chi connectivity index (χ3n) is 4.72. The number of alkyl halides is 3. The summed E-state index contributed by atoms with van der Waals surface area (Å²) in [5.41, 5.74) is -1.54. The molecule has 2 atom stereocenters. The van der Waals surface area contributed by atoms with Crippen LogP contribution in [0.1, 0.15) is 48.6 Å². The van der Waals surface area contributed by atoms with Crippen LogP contribution in [0.4, 0.5) is 18.9 Å². The maximum Gasteiger partial charge on any atom is 0.416 e. The Morgan fingerprint density at radius 2 is 1.79 bits per heavy atom. The van der Waals surface area contributed by atoms with Gasteiger partial charge in [0.15, 0.2) is 5.82 Å². The SMILES string of the molecule is CC(C)S(C)(=O)=Nc1cc(C(=O)N[C@@H](C)c2ncnn2-c2ncccn2)cc(C(F)(F)F)c1. The van der Waals surface area contributed by atoms with Crippen LogP contribution in [0.3, 0.4) is 0 Å². The third kappa shape index (κ3) is 5.72. The summed E-state index contributed by atoms with van der Waals surface area (Å²) < 4.78 is 58.3. The van der Waals surface area contributed by atoms with Gasteiger partial charge in [0.1, 0.15) is 6.33 Å². The van der Waals surface area contributed by atoms with E-state index in [-0.39, 0.29) is 23.0 Å². The number of halogens is 3. The lowest BCUT2D eigenvalue weighted by atomic mass is 10.1. The summed E-state index contributed by atoms with van der Waals surface area (Å²) in [5.74, 6) is -0.291. The highest BCUT2D eigenvalue weighted by Crippen LogP contribution is 2.33. The lowest BCUT2D eigenvalue weighted by molar-refractivity contribution is -0.137. The van der Waals surface area contributed by atoms with Crippen LogP contribution >= 0.6 is 0 Å². The van der Waals surface area contributed by atoms with Gasteiger partial charge in [-0.05, 0) is 31.2 Å². The van der Waals surface area contributed by atoms with E-state index in [1.807, 2.05) is 0 Å². The van der Waals surface area contributed by atoms with E-state index in [1.54, 1.807) is 26.8 Å². The van der Waals surface area contributed by atoms with Gasteiger partial charge in [-0.1, -0.05) is 13.8 Å². The molecule has 3 aromatic rings. The van der Waals surface area contributed by atoms with Gasteiger partial charge in [-0.3, -0.25) is 4.79 Å². The van der Waals surface area contributed by atoms with Crippen LogP contribution in [-0.2, 0) is 15.9 Å². The molecule has 3 rings (SSSR count). The van der Waals surface area contributed by atoms with Crippen molar-refractivity contribution in [3.8, 4) is 5.95 Å². The summed E-state index contributed by atoms with van der Waals surface area (Å²) in [6, 6.07) is 3.54. The Labute approximate surface area is 188 Å². The summed E-state index contributed by atoms with van der Waals surface area (Å²) in [6.45, 7) is 4.90. The fourth-order valence-corrected chi connectivity index (χ4v) is 3.45. The predicted molar refractivity (Wildman–Crippen MR) is 116 cm³/mol. The second-order valence-corrected chi connectivity index (χ2v) is 10.4. The Morgan fingerprint density at radius 1 is 1.12 bits per heavy atom. The number of carbonyl (C=O) groups is 1. The van der Waals surface area contributed by atoms with Crippen LogP contribution in [0.25, 0.3) is 5.95 Å². The molecule has 0 saturated carbocycles. The number of hydrogen-bond donors (Lipinski definition) is 1. The zero-order chi connectivity index (χ0) is 24.4. The molecule has 0 aliphatic carbocycles. The fourth-order valence-electron chi connectivity index (χ4n) is 2.72. The van der Waals surface area contributed by atoms with Gasteiger partial charge in [0, 0.05) is 29.5 Å². The summed E-state index contributed by atoms with van der Waals surface area (Å²) in [4.78, 5) is 25.1. The van der Waals surface area contributed by atoms with Crippen molar-refractivity contribution in [1.29, 1.82) is 0 Å². The molecule has 2 aromatic heterocycles. The molecule has 176 valence electrons. The molecule has 1 N–H and O–H groups in total. The average Bonchev–Trinajstić information content (AvgIpc) is 3.23. The molecule has 33 heavy (non-hydrogen) atoms. The monoisotopic (exact) mass is 481 g/mol. The van der Waals surface area contributed by atoms with Crippen molar-refractivity contribution in [2.75, 3.05) is 6.26 Å². The van der Waals surface area contributed by atoms with Gasteiger partial charge in [0.2, 0.25) is 0 Å². The van der Waals surface area contributed by atoms with Crippen LogP contribution < -0.4 is 5.32 Å². The average molecular weight is 482 g/mol. The quantitative estimate of drug-likeness (QED) is 0.574. The molecule has 13 heteroatoms. The second kappa shape index (κ2) is 9.25. The molecule has 0 aliphatic heterocycles. The number of carbonyl (C=O) groups excluding carboxylic acids is 1. The first-order chi connectivity index (χ1) is 15.4. The Morgan fingerprint density at radius 3 is 2.39 bits per heavy atom. The number of nitrogens with zero attached hydrogens (tertiary/aromatic N) is 6. The Bertz CT molecular complexity index is 1270. The van der Waals surface area contributed by atoms with Crippen molar-refractivity contribution >= 4 is 21.3 Å². The van der Waals surface area contributed by atoms with Gasteiger partial charge in [-0.25, -0.2) is 19.2 Å². The molecule has 1 unspecified atom stereocenters. The normalized spacial score (nSPS) is 14.5. The smallest absolute Gasteiger partial charge is 0.342 e. The van der Waals surface area contributed by atoms with Gasteiger partial charge < -0.3 is 5.32 Å². The van der Waals surface area contributed by atoms with Crippen molar-refractivity contribution in [3.63, 3.8) is 0 Å². The lowest BCUT2D eigenvalue weighted by Crippen LogP contribution is -2.29. The Hall–Kier alpha value is -3.35. The first-order valence-electron chi connectivity index (χ1n) is 9.80. The van der Waals surface area contributed by atoms with E-state index in [9.17, 15) is 22.2 Å². The van der Waals surface area contributed by atoms with Crippen molar-refractivity contribution in [3.05, 3.63) is 59.9 Å². The highest BCUT2D eigenvalue weighted by Gasteiger charge is 2.32. The first kappa shape index (κ1) is 24.3. The van der Waals surface area contributed by atoms with Crippen molar-refractivity contribution in [1.82, 2.24) is 30.0 Å². The Kier molecular flexibility index (Phi) is 6.81. The molecule has 0 saturated heterocycles. The maximum absolute atomic E-state index is 13.4. The minimum Gasteiger partial charge on any atom is -0.342 e. The molecule has 2 heterocycles.